The maximum absolute atomic E-state index is 11.5. The van der Waals surface area contributed by atoms with Gasteiger partial charge < -0.3 is 10.6 Å². The van der Waals surface area contributed by atoms with E-state index in [2.05, 4.69) is 20.6 Å². The Bertz CT molecular complexity index is 544. The molecule has 0 aliphatic carbocycles. The van der Waals surface area contributed by atoms with E-state index >= 15 is 0 Å². The predicted molar refractivity (Wildman–Crippen MR) is 83.1 cm³/mol. The number of nitrogens with zero attached hydrogens (tertiary/aromatic N) is 2. The van der Waals surface area contributed by atoms with Crippen LogP contribution in [0.5, 0.6) is 0 Å². The highest BCUT2D eigenvalue weighted by molar-refractivity contribution is 7.91. The summed E-state index contributed by atoms with van der Waals surface area (Å²) in [6, 6.07) is 0. The van der Waals surface area contributed by atoms with Gasteiger partial charge in [0.15, 0.2) is 9.84 Å². The number of hydrogen-bond acceptors (Lipinski definition) is 6. The van der Waals surface area contributed by atoms with Gasteiger partial charge in [0.1, 0.15) is 17.5 Å². The molecule has 2 N–H and O–H groups in total. The third-order valence-electron chi connectivity index (χ3n) is 3.00. The first-order valence-corrected chi connectivity index (χ1v) is 8.81. The molecule has 0 saturated heterocycles. The minimum atomic E-state index is -2.96. The van der Waals surface area contributed by atoms with Crippen LogP contribution in [-0.4, -0.2) is 43.0 Å². The zero-order chi connectivity index (χ0) is 15.2. The van der Waals surface area contributed by atoms with Crippen molar-refractivity contribution < 1.29 is 8.42 Å². The first kappa shape index (κ1) is 16.7. The second-order valence-electron chi connectivity index (χ2n) is 4.51. The highest BCUT2D eigenvalue weighted by Crippen LogP contribution is 2.20. The molecule has 0 amide bonds. The minimum Gasteiger partial charge on any atom is -0.370 e. The molecule has 0 aliphatic rings. The Morgan fingerprint density at radius 3 is 2.15 bits per heavy atom. The van der Waals surface area contributed by atoms with Crippen LogP contribution in [0.2, 0.25) is 0 Å². The van der Waals surface area contributed by atoms with Crippen molar-refractivity contribution in [3.8, 4) is 0 Å². The van der Waals surface area contributed by atoms with Gasteiger partial charge in [-0.2, -0.15) is 0 Å². The van der Waals surface area contributed by atoms with Crippen LogP contribution in [0, 0.1) is 6.92 Å². The number of anilines is 2. The molecule has 20 heavy (non-hydrogen) atoms. The highest BCUT2D eigenvalue weighted by atomic mass is 32.2. The Morgan fingerprint density at radius 2 is 1.65 bits per heavy atom. The quantitative estimate of drug-likeness (QED) is 0.759. The van der Waals surface area contributed by atoms with Gasteiger partial charge in [0.05, 0.1) is 5.75 Å². The lowest BCUT2D eigenvalue weighted by molar-refractivity contribution is 0.597. The van der Waals surface area contributed by atoms with E-state index in [0.717, 1.165) is 30.2 Å². The standard InChI is InChI=1S/C13H24N4O2S/c1-5-11-16-12(14-6-2)10(4)13(17-11)15-8-9-20(18,19)7-3/h5-9H2,1-4H3,(H2,14,15,16,17). The van der Waals surface area contributed by atoms with E-state index < -0.39 is 9.84 Å². The van der Waals surface area contributed by atoms with E-state index in [9.17, 15) is 8.42 Å². The van der Waals surface area contributed by atoms with Crippen LogP contribution in [0.4, 0.5) is 11.6 Å². The maximum atomic E-state index is 11.5. The molecule has 0 unspecified atom stereocenters. The van der Waals surface area contributed by atoms with Gasteiger partial charge in [0.25, 0.3) is 0 Å². The summed E-state index contributed by atoms with van der Waals surface area (Å²) in [6.45, 7) is 8.73. The minimum absolute atomic E-state index is 0.116. The van der Waals surface area contributed by atoms with Gasteiger partial charge in [0.2, 0.25) is 0 Å². The molecule has 0 radical (unpaired) electrons. The molecular formula is C13H24N4O2S. The summed E-state index contributed by atoms with van der Waals surface area (Å²) in [7, 11) is -2.96. The lowest BCUT2D eigenvalue weighted by Gasteiger charge is -2.14. The zero-order valence-electron chi connectivity index (χ0n) is 12.7. The summed E-state index contributed by atoms with van der Waals surface area (Å²) in [5, 5.41) is 6.31. The third kappa shape index (κ3) is 4.63. The van der Waals surface area contributed by atoms with Crippen molar-refractivity contribution in [3.05, 3.63) is 11.4 Å². The third-order valence-corrected chi connectivity index (χ3v) is 4.70. The molecule has 1 heterocycles. The van der Waals surface area contributed by atoms with Gasteiger partial charge in [-0.3, -0.25) is 0 Å². The van der Waals surface area contributed by atoms with Crippen molar-refractivity contribution in [1.29, 1.82) is 0 Å². The van der Waals surface area contributed by atoms with Gasteiger partial charge in [-0.25, -0.2) is 18.4 Å². The van der Waals surface area contributed by atoms with E-state index in [1.165, 1.54) is 0 Å². The zero-order valence-corrected chi connectivity index (χ0v) is 13.5. The normalized spacial score (nSPS) is 11.4. The Kier molecular flexibility index (Phi) is 6.19. The second-order valence-corrected chi connectivity index (χ2v) is 6.98. The molecule has 0 spiro atoms. The van der Waals surface area contributed by atoms with Crippen molar-refractivity contribution >= 4 is 21.5 Å². The Hall–Kier alpha value is -1.37. The highest BCUT2D eigenvalue weighted by Gasteiger charge is 2.11. The SMILES string of the molecule is CCNc1nc(CC)nc(NCCS(=O)(=O)CC)c1C. The maximum Gasteiger partial charge on any atom is 0.151 e. The van der Waals surface area contributed by atoms with Crippen LogP contribution in [0.1, 0.15) is 32.2 Å². The molecule has 1 rings (SSSR count). The second kappa shape index (κ2) is 7.42. The lowest BCUT2D eigenvalue weighted by Crippen LogP contribution is -2.19. The summed E-state index contributed by atoms with van der Waals surface area (Å²) >= 11 is 0. The molecular weight excluding hydrogens is 276 g/mol. The molecule has 1 aromatic rings. The number of aromatic nitrogens is 2. The molecule has 6 nitrogen and oxygen atoms in total. The Labute approximate surface area is 121 Å². The number of sulfone groups is 1. The summed E-state index contributed by atoms with van der Waals surface area (Å²) < 4.78 is 23.0. The summed E-state index contributed by atoms with van der Waals surface area (Å²) in [5.41, 5.74) is 0.915. The van der Waals surface area contributed by atoms with Crippen molar-refractivity contribution in [1.82, 2.24) is 9.97 Å². The van der Waals surface area contributed by atoms with Crippen molar-refractivity contribution in [2.45, 2.75) is 34.1 Å². The van der Waals surface area contributed by atoms with E-state index in [1.54, 1.807) is 6.92 Å². The molecule has 0 atom stereocenters. The summed E-state index contributed by atoms with van der Waals surface area (Å²) in [5.74, 6) is 2.54. The van der Waals surface area contributed by atoms with Crippen LogP contribution < -0.4 is 10.6 Å². The monoisotopic (exact) mass is 300 g/mol. The van der Waals surface area contributed by atoms with E-state index in [4.69, 9.17) is 0 Å². The van der Waals surface area contributed by atoms with E-state index in [0.29, 0.717) is 12.4 Å². The fourth-order valence-electron chi connectivity index (χ4n) is 1.70. The number of rotatable bonds is 8. The first-order valence-electron chi connectivity index (χ1n) is 6.99. The summed E-state index contributed by atoms with van der Waals surface area (Å²) in [4.78, 5) is 8.86. The molecule has 0 bridgehead atoms. The van der Waals surface area contributed by atoms with Gasteiger partial charge in [0, 0.05) is 30.8 Å². The van der Waals surface area contributed by atoms with Gasteiger partial charge in [-0.05, 0) is 13.8 Å². The summed E-state index contributed by atoms with van der Waals surface area (Å²) in [6.07, 6.45) is 0.737. The fourth-order valence-corrected chi connectivity index (χ4v) is 2.40. The van der Waals surface area contributed by atoms with E-state index in [-0.39, 0.29) is 11.5 Å². The smallest absolute Gasteiger partial charge is 0.151 e. The number of nitrogens with one attached hydrogen (secondary N) is 2. The average molecular weight is 300 g/mol. The molecule has 0 aromatic carbocycles. The Morgan fingerprint density at radius 1 is 1.05 bits per heavy atom. The van der Waals surface area contributed by atoms with Crippen molar-refractivity contribution in [2.75, 3.05) is 35.2 Å². The van der Waals surface area contributed by atoms with Gasteiger partial charge in [-0.15, -0.1) is 0 Å². The molecule has 114 valence electrons. The average Bonchev–Trinajstić information content (AvgIpc) is 2.42. The predicted octanol–water partition coefficient (Wildman–Crippen LogP) is 1.63. The molecule has 0 saturated carbocycles. The van der Waals surface area contributed by atoms with Crippen LogP contribution in [-0.2, 0) is 16.3 Å². The Balaban J connectivity index is 2.85. The number of aryl methyl sites for hydroxylation is 1. The largest absolute Gasteiger partial charge is 0.370 e. The van der Waals surface area contributed by atoms with Crippen LogP contribution in [0.3, 0.4) is 0 Å². The van der Waals surface area contributed by atoms with Gasteiger partial charge in [-0.1, -0.05) is 13.8 Å². The first-order chi connectivity index (χ1) is 9.43. The van der Waals surface area contributed by atoms with Crippen LogP contribution in [0.15, 0.2) is 0 Å². The van der Waals surface area contributed by atoms with Crippen molar-refractivity contribution in [2.24, 2.45) is 0 Å². The van der Waals surface area contributed by atoms with Crippen LogP contribution >= 0.6 is 0 Å². The molecule has 0 aliphatic heterocycles. The molecule has 0 fully saturated rings. The van der Waals surface area contributed by atoms with Gasteiger partial charge >= 0.3 is 0 Å². The van der Waals surface area contributed by atoms with Crippen LogP contribution in [0.25, 0.3) is 0 Å². The topological polar surface area (TPSA) is 84.0 Å². The number of hydrogen-bond donors (Lipinski definition) is 2. The molecule has 7 heteroatoms. The van der Waals surface area contributed by atoms with E-state index in [1.807, 2.05) is 20.8 Å². The molecule has 1 aromatic heterocycles. The van der Waals surface area contributed by atoms with Crippen molar-refractivity contribution in [3.63, 3.8) is 0 Å². The lowest BCUT2D eigenvalue weighted by atomic mass is 10.3. The fraction of sp³-hybridized carbons (Fsp3) is 0.692.